The Bertz CT molecular complexity index is 208. The minimum atomic E-state index is -1.24. The molecule has 0 unspecified atom stereocenters. The molecule has 0 atom stereocenters. The lowest BCUT2D eigenvalue weighted by Gasteiger charge is -1.96. The molecule has 0 saturated heterocycles. The Balaban J connectivity index is 0.000000810. The number of carboxylic acids is 1. The Morgan fingerprint density at radius 3 is 2.50 bits per heavy atom. The second kappa shape index (κ2) is 3.50. The van der Waals surface area contributed by atoms with Crippen LogP contribution in [-0.4, -0.2) is 11.0 Å². The number of nitrogens with zero attached hydrogens (tertiary/aromatic N) is 1. The highest BCUT2D eigenvalue weighted by Crippen LogP contribution is 1.88. The van der Waals surface area contributed by atoms with Crippen molar-refractivity contribution in [3.8, 4) is 0 Å². The third-order valence-electron chi connectivity index (χ3n) is 0.874. The monoisotopic (exact) mass is 137 g/mol. The van der Waals surface area contributed by atoms with Crippen LogP contribution in [0.25, 0.3) is 0 Å². The van der Waals surface area contributed by atoms with Crippen molar-refractivity contribution < 1.29 is 9.90 Å². The molecule has 0 saturated carbocycles. The van der Waals surface area contributed by atoms with Gasteiger partial charge in [-0.05, 0) is 12.1 Å². The van der Waals surface area contributed by atoms with Crippen LogP contribution in [-0.2, 0) is 0 Å². The summed E-state index contributed by atoms with van der Waals surface area (Å²) in [6.45, 7) is 0. The van der Waals surface area contributed by atoms with E-state index in [-0.39, 0.29) is 13.1 Å². The average molecular weight is 137 g/mol. The van der Waals surface area contributed by atoms with Crippen LogP contribution in [0.5, 0.6) is 0 Å². The summed E-state index contributed by atoms with van der Waals surface area (Å²) in [4.78, 5) is 13.5. The maximum atomic E-state index is 10.0. The molecule has 1 heterocycles. The number of hydrogen-bond acceptors (Lipinski definition) is 3. The Kier molecular flexibility index (Phi) is 2.97. The van der Waals surface area contributed by atoms with Gasteiger partial charge in [0.1, 0.15) is 0 Å². The molecule has 1 aromatic rings. The minimum absolute atomic E-state index is 0. The standard InChI is InChI=1S/C6H5NO2.CH3/c8-6(9)5-3-1-2-4-7-5;/h1-4H,(H,8,9);1H3/q;+1/p-1. The molecule has 0 N–H and O–H groups in total. The first kappa shape index (κ1) is 8.49. The van der Waals surface area contributed by atoms with E-state index in [1.165, 1.54) is 12.3 Å². The molecule has 3 nitrogen and oxygen atoms in total. The number of carbonyl (C=O) groups is 1. The molecule has 0 amide bonds. The predicted octanol–water partition coefficient (Wildman–Crippen LogP) is -0.105. The minimum Gasteiger partial charge on any atom is -0.543 e. The van der Waals surface area contributed by atoms with Gasteiger partial charge in [0.05, 0.1) is 11.7 Å². The molecule has 0 aliphatic carbocycles. The Morgan fingerprint density at radius 2 is 2.20 bits per heavy atom. The molecule has 0 aliphatic rings. The molecule has 10 heavy (non-hydrogen) atoms. The molecular weight excluding hydrogens is 130 g/mol. The van der Waals surface area contributed by atoms with Crippen LogP contribution in [0.15, 0.2) is 24.4 Å². The second-order valence-corrected chi connectivity index (χ2v) is 1.50. The number of rotatable bonds is 1. The van der Waals surface area contributed by atoms with Crippen LogP contribution in [0.4, 0.5) is 0 Å². The van der Waals surface area contributed by atoms with Gasteiger partial charge in [-0.1, -0.05) is 6.07 Å². The van der Waals surface area contributed by atoms with Crippen molar-refractivity contribution in [1.82, 2.24) is 4.98 Å². The van der Waals surface area contributed by atoms with Crippen LogP contribution in [0.3, 0.4) is 0 Å². The third kappa shape index (κ3) is 1.78. The van der Waals surface area contributed by atoms with E-state index in [4.69, 9.17) is 0 Å². The molecule has 52 valence electrons. The largest absolute Gasteiger partial charge is 0.543 e. The number of aromatic nitrogens is 1. The summed E-state index contributed by atoms with van der Waals surface area (Å²) >= 11 is 0. The van der Waals surface area contributed by atoms with E-state index in [1.54, 1.807) is 12.1 Å². The molecule has 0 spiro atoms. The Hall–Kier alpha value is -1.51. The summed E-state index contributed by atoms with van der Waals surface area (Å²) in [5.41, 5.74) is -0.0301. The van der Waals surface area contributed by atoms with E-state index in [0.29, 0.717) is 0 Å². The first-order valence-corrected chi connectivity index (χ1v) is 2.43. The Morgan fingerprint density at radius 1 is 1.50 bits per heavy atom. The van der Waals surface area contributed by atoms with Crippen LogP contribution in [0.1, 0.15) is 10.5 Å². The van der Waals surface area contributed by atoms with Crippen molar-refractivity contribution >= 4 is 5.97 Å². The SMILES string of the molecule is O=C([O-])c1ccccn1.[CH3+]. The predicted molar refractivity (Wildman–Crippen MR) is 35.0 cm³/mol. The van der Waals surface area contributed by atoms with Gasteiger partial charge in [-0.3, -0.25) is 4.98 Å². The zero-order chi connectivity index (χ0) is 6.69. The zero-order valence-electron chi connectivity index (χ0n) is 5.57. The number of carbonyl (C=O) groups excluding carboxylic acids is 1. The molecule has 0 aliphatic heterocycles. The van der Waals surface area contributed by atoms with Crippen LogP contribution < -0.4 is 5.11 Å². The van der Waals surface area contributed by atoms with E-state index in [2.05, 4.69) is 4.98 Å². The van der Waals surface area contributed by atoms with E-state index >= 15 is 0 Å². The Labute approximate surface area is 59.3 Å². The van der Waals surface area contributed by atoms with Crippen molar-refractivity contribution in [2.45, 2.75) is 0 Å². The summed E-state index contributed by atoms with van der Waals surface area (Å²) in [6.07, 6.45) is 1.41. The van der Waals surface area contributed by atoms with Gasteiger partial charge in [0.2, 0.25) is 0 Å². The van der Waals surface area contributed by atoms with E-state index < -0.39 is 5.97 Å². The molecule has 0 bridgehead atoms. The highest BCUT2D eigenvalue weighted by Gasteiger charge is 1.87. The second-order valence-electron chi connectivity index (χ2n) is 1.50. The summed E-state index contributed by atoms with van der Waals surface area (Å²) in [6, 6.07) is 4.62. The third-order valence-corrected chi connectivity index (χ3v) is 0.874. The fourth-order valence-corrected chi connectivity index (χ4v) is 0.484. The van der Waals surface area contributed by atoms with Crippen molar-refractivity contribution in [3.63, 3.8) is 0 Å². The van der Waals surface area contributed by atoms with Gasteiger partial charge < -0.3 is 9.90 Å². The lowest BCUT2D eigenvalue weighted by Crippen LogP contribution is -2.23. The lowest BCUT2D eigenvalue weighted by molar-refractivity contribution is -0.255. The van der Waals surface area contributed by atoms with E-state index in [9.17, 15) is 9.90 Å². The topological polar surface area (TPSA) is 53.0 Å². The quantitative estimate of drug-likeness (QED) is 0.508. The normalized spacial score (nSPS) is 8.00. The molecule has 0 fully saturated rings. The molecule has 0 aromatic carbocycles. The van der Waals surface area contributed by atoms with E-state index in [1.807, 2.05) is 0 Å². The summed E-state index contributed by atoms with van der Waals surface area (Å²) in [5.74, 6) is -1.24. The number of hydrogen-bond donors (Lipinski definition) is 0. The first-order chi connectivity index (χ1) is 4.30. The van der Waals surface area contributed by atoms with Crippen molar-refractivity contribution in [2.75, 3.05) is 0 Å². The smallest absolute Gasteiger partial charge is 0.0899 e. The van der Waals surface area contributed by atoms with Gasteiger partial charge in [0, 0.05) is 13.6 Å². The number of pyridine rings is 1. The van der Waals surface area contributed by atoms with Gasteiger partial charge in [0.25, 0.3) is 0 Å². The van der Waals surface area contributed by atoms with Gasteiger partial charge in [-0.2, -0.15) is 0 Å². The summed E-state index contributed by atoms with van der Waals surface area (Å²) in [7, 11) is 0. The van der Waals surface area contributed by atoms with E-state index in [0.717, 1.165) is 0 Å². The molecule has 1 rings (SSSR count). The first-order valence-electron chi connectivity index (χ1n) is 2.43. The van der Waals surface area contributed by atoms with Crippen LogP contribution in [0, 0.1) is 7.43 Å². The van der Waals surface area contributed by atoms with Crippen LogP contribution in [0.2, 0.25) is 0 Å². The highest BCUT2D eigenvalue weighted by atomic mass is 16.4. The number of carboxylic acid groups (broad SMARTS) is 1. The molecule has 0 radical (unpaired) electrons. The summed E-state index contributed by atoms with van der Waals surface area (Å²) < 4.78 is 0. The fourth-order valence-electron chi connectivity index (χ4n) is 0.484. The summed E-state index contributed by atoms with van der Waals surface area (Å²) in [5, 5.41) is 10.0. The van der Waals surface area contributed by atoms with Crippen LogP contribution >= 0.6 is 0 Å². The maximum absolute atomic E-state index is 10.0. The van der Waals surface area contributed by atoms with Crippen molar-refractivity contribution in [1.29, 1.82) is 0 Å². The van der Waals surface area contributed by atoms with Gasteiger partial charge in [-0.15, -0.1) is 0 Å². The van der Waals surface area contributed by atoms with Crippen molar-refractivity contribution in [3.05, 3.63) is 37.5 Å². The highest BCUT2D eigenvalue weighted by molar-refractivity contribution is 5.83. The average Bonchev–Trinajstić information content (AvgIpc) is 1.90. The molecule has 3 heteroatoms. The molecular formula is C7H7NO2. The molecule has 1 aromatic heterocycles. The zero-order valence-corrected chi connectivity index (χ0v) is 5.57. The van der Waals surface area contributed by atoms with Crippen molar-refractivity contribution in [2.24, 2.45) is 0 Å². The fraction of sp³-hybridized carbons (Fsp3) is 0. The lowest BCUT2D eigenvalue weighted by atomic mass is 10.4. The maximum Gasteiger partial charge on any atom is 0.0899 e. The van der Waals surface area contributed by atoms with Gasteiger partial charge in [0.15, 0.2) is 0 Å². The number of aromatic carboxylic acids is 1. The van der Waals surface area contributed by atoms with Gasteiger partial charge >= 0.3 is 0 Å². The van der Waals surface area contributed by atoms with Gasteiger partial charge in [-0.25, -0.2) is 0 Å².